The zero-order valence-corrected chi connectivity index (χ0v) is 19.7. The Morgan fingerprint density at radius 1 is 1.09 bits per heavy atom. The summed E-state index contributed by atoms with van der Waals surface area (Å²) in [6, 6.07) is 12.3. The van der Waals surface area contributed by atoms with Crippen LogP contribution in [-0.2, 0) is 4.79 Å². The molecule has 1 saturated heterocycles. The van der Waals surface area contributed by atoms with Crippen molar-refractivity contribution in [3.63, 3.8) is 0 Å². The molecule has 0 unspecified atom stereocenters. The predicted octanol–water partition coefficient (Wildman–Crippen LogP) is 4.57. The molecule has 1 aromatic heterocycles. The van der Waals surface area contributed by atoms with Crippen molar-refractivity contribution in [2.24, 2.45) is 0 Å². The maximum atomic E-state index is 13.8. The van der Waals surface area contributed by atoms with Gasteiger partial charge in [0.05, 0.1) is 12.0 Å². The smallest absolute Gasteiger partial charge is 0.254 e. The lowest BCUT2D eigenvalue weighted by molar-refractivity contribution is -0.124. The highest BCUT2D eigenvalue weighted by Gasteiger charge is 2.47. The topological polar surface area (TPSA) is 52.7 Å². The van der Waals surface area contributed by atoms with Crippen LogP contribution in [0.2, 0.25) is 0 Å². The van der Waals surface area contributed by atoms with Gasteiger partial charge in [-0.2, -0.15) is 0 Å². The third kappa shape index (κ3) is 3.88. The first kappa shape index (κ1) is 21.7. The second-order valence-corrected chi connectivity index (χ2v) is 10.3. The van der Waals surface area contributed by atoms with Crippen molar-refractivity contribution >= 4 is 23.2 Å². The average Bonchev–Trinajstić information content (AvgIpc) is 3.60. The highest BCUT2D eigenvalue weighted by atomic mass is 32.1. The molecule has 5 rings (SSSR count). The molecule has 0 bridgehead atoms. The van der Waals surface area contributed by atoms with Crippen molar-refractivity contribution in [3.05, 3.63) is 57.8 Å². The van der Waals surface area contributed by atoms with Crippen LogP contribution in [0.5, 0.6) is 0 Å². The van der Waals surface area contributed by atoms with Crippen molar-refractivity contribution in [2.45, 2.75) is 69.5 Å². The van der Waals surface area contributed by atoms with Gasteiger partial charge in [0.2, 0.25) is 5.91 Å². The van der Waals surface area contributed by atoms with E-state index in [0.717, 1.165) is 55.6 Å². The number of hydrogen-bond donors (Lipinski definition) is 1. The number of likely N-dealkylation sites (N-methyl/N-ethyl adjacent to an activating group) is 1. The summed E-state index contributed by atoms with van der Waals surface area (Å²) in [5, 5.41) is 5.36. The van der Waals surface area contributed by atoms with Crippen LogP contribution in [0.3, 0.4) is 0 Å². The van der Waals surface area contributed by atoms with Crippen LogP contribution in [0.15, 0.2) is 41.8 Å². The molecular weight excluding hydrogens is 418 g/mol. The predicted molar refractivity (Wildman–Crippen MR) is 128 cm³/mol. The van der Waals surface area contributed by atoms with Gasteiger partial charge in [-0.1, -0.05) is 44.0 Å². The van der Waals surface area contributed by atoms with E-state index in [1.165, 1.54) is 6.42 Å². The Bertz CT molecular complexity index is 954. The molecule has 3 atom stereocenters. The Morgan fingerprint density at radius 3 is 2.66 bits per heavy atom. The molecule has 0 radical (unpaired) electrons. The molecule has 2 aliphatic heterocycles. The minimum absolute atomic E-state index is 0.0503. The first-order valence-electron chi connectivity index (χ1n) is 12.2. The van der Waals surface area contributed by atoms with Crippen LogP contribution >= 0.6 is 11.3 Å². The Labute approximate surface area is 194 Å². The molecule has 32 heavy (non-hydrogen) atoms. The molecule has 2 aromatic rings. The summed E-state index contributed by atoms with van der Waals surface area (Å²) < 4.78 is 0. The molecule has 170 valence electrons. The summed E-state index contributed by atoms with van der Waals surface area (Å²) in [5.74, 6) is -0.239. The van der Waals surface area contributed by atoms with Crippen LogP contribution in [0, 0.1) is 0 Å². The lowest BCUT2D eigenvalue weighted by Gasteiger charge is -2.44. The minimum atomic E-state index is -0.375. The standard InChI is InChI=1S/C26H33N3O2S/c1-2-28-15-7-11-19(28)17-27-25(30)23-20-12-5-6-13-21(20)26(31)29(18-9-3-4-10-18)24(23)22-14-8-16-32-22/h5-6,8,12-14,16,18-19,23-24H,2-4,7,9-11,15,17H2,1H3,(H,27,30)/t19-,23-,24-/m1/s1. The third-order valence-corrected chi connectivity index (χ3v) is 8.57. The number of likely N-dealkylation sites (tertiary alicyclic amines) is 1. The van der Waals surface area contributed by atoms with E-state index in [-0.39, 0.29) is 29.8 Å². The fourth-order valence-corrected chi connectivity index (χ4v) is 6.91. The van der Waals surface area contributed by atoms with Gasteiger partial charge in [-0.05, 0) is 61.8 Å². The highest BCUT2D eigenvalue weighted by molar-refractivity contribution is 7.10. The van der Waals surface area contributed by atoms with Gasteiger partial charge in [0.1, 0.15) is 0 Å². The first-order chi connectivity index (χ1) is 15.7. The summed E-state index contributed by atoms with van der Waals surface area (Å²) >= 11 is 1.66. The number of hydrogen-bond acceptors (Lipinski definition) is 4. The maximum absolute atomic E-state index is 13.8. The summed E-state index contributed by atoms with van der Waals surface area (Å²) in [7, 11) is 0. The van der Waals surface area contributed by atoms with Crippen molar-refractivity contribution in [2.75, 3.05) is 19.6 Å². The molecule has 0 spiro atoms. The van der Waals surface area contributed by atoms with Crippen LogP contribution in [-0.4, -0.2) is 53.3 Å². The summed E-state index contributed by atoms with van der Waals surface area (Å²) in [5.41, 5.74) is 1.57. The van der Waals surface area contributed by atoms with E-state index in [2.05, 4.69) is 33.5 Å². The normalized spacial score (nSPS) is 26.5. The molecule has 3 aliphatic rings. The van der Waals surface area contributed by atoms with E-state index >= 15 is 0 Å². The molecule has 6 heteroatoms. The number of carbonyl (C=O) groups excluding carboxylic acids is 2. The zero-order chi connectivity index (χ0) is 22.1. The Kier molecular flexibility index (Phi) is 6.33. The number of nitrogens with zero attached hydrogens (tertiary/aromatic N) is 2. The SMILES string of the molecule is CCN1CCC[C@@H]1CNC(=O)[C@@H]1c2ccccc2C(=O)N(C2CCCC2)[C@@H]1c1cccs1. The maximum Gasteiger partial charge on any atom is 0.254 e. The van der Waals surface area contributed by atoms with Gasteiger partial charge in [0.25, 0.3) is 5.91 Å². The second kappa shape index (κ2) is 9.36. The van der Waals surface area contributed by atoms with Crippen molar-refractivity contribution in [1.29, 1.82) is 0 Å². The molecule has 1 aliphatic carbocycles. The largest absolute Gasteiger partial charge is 0.354 e. The van der Waals surface area contributed by atoms with Gasteiger partial charge in [0.15, 0.2) is 0 Å². The third-order valence-electron chi connectivity index (χ3n) is 7.63. The highest BCUT2D eigenvalue weighted by Crippen LogP contribution is 2.47. The number of benzene rings is 1. The number of nitrogens with one attached hydrogen (secondary N) is 1. The summed E-state index contributed by atoms with van der Waals surface area (Å²) in [6.45, 7) is 5.01. The average molecular weight is 452 g/mol. The first-order valence-corrected chi connectivity index (χ1v) is 13.0. The van der Waals surface area contributed by atoms with E-state index in [9.17, 15) is 9.59 Å². The summed E-state index contributed by atoms with van der Waals surface area (Å²) in [6.07, 6.45) is 6.69. The van der Waals surface area contributed by atoms with Gasteiger partial charge in [0, 0.05) is 29.1 Å². The van der Waals surface area contributed by atoms with E-state index < -0.39 is 0 Å². The minimum Gasteiger partial charge on any atom is -0.354 e. The molecule has 1 aromatic carbocycles. The Hall–Kier alpha value is -2.18. The number of thiophene rings is 1. The van der Waals surface area contributed by atoms with Crippen LogP contribution in [0.25, 0.3) is 0 Å². The van der Waals surface area contributed by atoms with Gasteiger partial charge in [-0.25, -0.2) is 0 Å². The molecule has 2 amide bonds. The van der Waals surface area contributed by atoms with Gasteiger partial charge < -0.3 is 10.2 Å². The van der Waals surface area contributed by atoms with E-state index in [1.54, 1.807) is 11.3 Å². The van der Waals surface area contributed by atoms with E-state index in [4.69, 9.17) is 0 Å². The number of rotatable bonds is 6. The zero-order valence-electron chi connectivity index (χ0n) is 18.8. The summed E-state index contributed by atoms with van der Waals surface area (Å²) in [4.78, 5) is 33.2. The lowest BCUT2D eigenvalue weighted by atomic mass is 9.80. The molecule has 2 fully saturated rings. The number of carbonyl (C=O) groups is 2. The van der Waals surface area contributed by atoms with Gasteiger partial charge in [-0.15, -0.1) is 11.3 Å². The quantitative estimate of drug-likeness (QED) is 0.700. The van der Waals surface area contributed by atoms with Crippen LogP contribution in [0.1, 0.15) is 78.2 Å². The molecule has 3 heterocycles. The Balaban J connectivity index is 1.50. The number of fused-ring (bicyclic) bond motifs is 1. The van der Waals surface area contributed by atoms with Crippen molar-refractivity contribution in [1.82, 2.24) is 15.1 Å². The monoisotopic (exact) mass is 451 g/mol. The molecule has 5 nitrogen and oxygen atoms in total. The van der Waals surface area contributed by atoms with Crippen molar-refractivity contribution < 1.29 is 9.59 Å². The van der Waals surface area contributed by atoms with Crippen LogP contribution in [0.4, 0.5) is 0 Å². The Morgan fingerprint density at radius 2 is 1.91 bits per heavy atom. The fourth-order valence-electron chi connectivity index (χ4n) is 6.05. The molecule has 1 saturated carbocycles. The molecule has 1 N–H and O–H groups in total. The van der Waals surface area contributed by atoms with Crippen LogP contribution < -0.4 is 5.32 Å². The van der Waals surface area contributed by atoms with E-state index in [0.29, 0.717) is 18.2 Å². The van der Waals surface area contributed by atoms with E-state index in [1.807, 2.05) is 30.3 Å². The van der Waals surface area contributed by atoms with Gasteiger partial charge in [-0.3, -0.25) is 14.5 Å². The van der Waals surface area contributed by atoms with Gasteiger partial charge >= 0.3 is 0 Å². The second-order valence-electron chi connectivity index (χ2n) is 9.35. The lowest BCUT2D eigenvalue weighted by Crippen LogP contribution is -2.51. The van der Waals surface area contributed by atoms with Crippen molar-refractivity contribution in [3.8, 4) is 0 Å². The molecular formula is C26H33N3O2S. The fraction of sp³-hybridized carbons (Fsp3) is 0.538. The number of amides is 2.